The van der Waals surface area contributed by atoms with Crippen LogP contribution >= 0.6 is 11.3 Å². The summed E-state index contributed by atoms with van der Waals surface area (Å²) in [4.78, 5) is 9.57. The molecule has 7 aromatic carbocycles. The van der Waals surface area contributed by atoms with Crippen molar-refractivity contribution in [1.82, 2.24) is 9.55 Å². The zero-order chi connectivity index (χ0) is 43.0. The summed E-state index contributed by atoms with van der Waals surface area (Å²) in [6.07, 6.45) is 1.92. The van der Waals surface area contributed by atoms with Gasteiger partial charge in [0.1, 0.15) is 5.82 Å². The Morgan fingerprint density at radius 3 is 1.98 bits per heavy atom. The zero-order valence-electron chi connectivity index (χ0n) is 36.5. The molecule has 0 radical (unpaired) electrons. The molecule has 4 heterocycles. The topological polar surface area (TPSA) is 33.5 Å². The van der Waals surface area contributed by atoms with E-state index in [4.69, 9.17) is 9.72 Å². The van der Waals surface area contributed by atoms with Gasteiger partial charge < -0.3 is 19.1 Å². The molecule has 0 atom stereocenters. The number of hydrogen-bond acceptors (Lipinski definition) is 5. The molecule has 1 aliphatic rings. The van der Waals surface area contributed by atoms with E-state index in [2.05, 4.69) is 208 Å². The molecule has 0 N–H and O–H groups in total. The minimum absolute atomic E-state index is 0. The predicted octanol–water partition coefficient (Wildman–Crippen LogP) is 15.1. The molecule has 3 aromatic heterocycles. The minimum Gasteiger partial charge on any atom is -0.509 e. The van der Waals surface area contributed by atoms with Crippen LogP contribution in [0.25, 0.3) is 59.2 Å². The summed E-state index contributed by atoms with van der Waals surface area (Å²) in [5, 5.41) is 4.76. The molecule has 7 heteroatoms. The molecule has 0 fully saturated rings. The second-order valence-electron chi connectivity index (χ2n) is 17.6. The third kappa shape index (κ3) is 7.19. The van der Waals surface area contributed by atoms with E-state index in [0.29, 0.717) is 11.5 Å². The third-order valence-corrected chi connectivity index (χ3v) is 13.3. The molecule has 11 rings (SSSR count). The molecule has 0 spiro atoms. The second kappa shape index (κ2) is 16.3. The third-order valence-electron chi connectivity index (χ3n) is 12.1. The van der Waals surface area contributed by atoms with Crippen LogP contribution in [0.4, 0.5) is 11.4 Å². The van der Waals surface area contributed by atoms with Gasteiger partial charge in [-0.25, -0.2) is 4.98 Å². The van der Waals surface area contributed by atoms with E-state index in [9.17, 15) is 0 Å². The van der Waals surface area contributed by atoms with E-state index in [1.165, 1.54) is 42.4 Å². The Morgan fingerprint density at radius 1 is 0.594 bits per heavy atom. The fourth-order valence-corrected chi connectivity index (χ4v) is 10.4. The van der Waals surface area contributed by atoms with Gasteiger partial charge >= 0.3 is 0 Å². The van der Waals surface area contributed by atoms with E-state index in [0.717, 1.165) is 61.5 Å². The van der Waals surface area contributed by atoms with Crippen LogP contribution in [0.3, 0.4) is 0 Å². The van der Waals surface area contributed by atoms with Gasteiger partial charge in [0, 0.05) is 81.5 Å². The van der Waals surface area contributed by atoms with Gasteiger partial charge in [0.05, 0.1) is 0 Å². The molecule has 0 bridgehead atoms. The van der Waals surface area contributed by atoms with Crippen molar-refractivity contribution in [2.24, 2.45) is 0 Å². The predicted molar refractivity (Wildman–Crippen MR) is 264 cm³/mol. The smallest absolute Gasteiger partial charge is 0.135 e. The maximum Gasteiger partial charge on any atom is 0.135 e. The number of pyridine rings is 1. The van der Waals surface area contributed by atoms with Crippen LogP contribution < -0.4 is 14.5 Å². The van der Waals surface area contributed by atoms with Gasteiger partial charge in [-0.15, -0.1) is 59.4 Å². The molecule has 1 aliphatic heterocycles. The van der Waals surface area contributed by atoms with Crippen molar-refractivity contribution in [2.45, 2.75) is 47.0 Å². The zero-order valence-corrected chi connectivity index (χ0v) is 39.6. The van der Waals surface area contributed by atoms with Crippen molar-refractivity contribution in [3.05, 3.63) is 210 Å². The fourth-order valence-electron chi connectivity index (χ4n) is 9.31. The molecule has 318 valence electrons. The average Bonchev–Trinajstić information content (AvgIpc) is 3.95. The summed E-state index contributed by atoms with van der Waals surface area (Å²) in [5.41, 5.74) is 13.2. The first kappa shape index (κ1) is 41.5. The Labute approximate surface area is 393 Å². The molecule has 5 nitrogen and oxygen atoms in total. The van der Waals surface area contributed by atoms with E-state index in [1.807, 2.05) is 35.7 Å². The number of rotatable bonds is 7. The number of ether oxygens (including phenoxy) is 1. The number of nitrogens with zero attached hydrogens (tertiary/aromatic N) is 4. The molecular weight excluding hydrogens is 984 g/mol. The van der Waals surface area contributed by atoms with Crippen LogP contribution in [-0.2, 0) is 26.5 Å². The summed E-state index contributed by atoms with van der Waals surface area (Å²) < 4.78 is 11.6. The van der Waals surface area contributed by atoms with E-state index in [1.54, 1.807) is 0 Å². The summed E-state index contributed by atoms with van der Waals surface area (Å²) in [6, 6.07) is 61.2. The first-order valence-electron chi connectivity index (χ1n) is 21.4. The van der Waals surface area contributed by atoms with Crippen LogP contribution in [0, 0.1) is 39.6 Å². The van der Waals surface area contributed by atoms with Crippen molar-refractivity contribution in [3.8, 4) is 17.3 Å². The first-order chi connectivity index (χ1) is 30.6. The van der Waals surface area contributed by atoms with E-state index < -0.39 is 0 Å². The Kier molecular flexibility index (Phi) is 10.6. The molecule has 10 aromatic rings. The standard InChI is InChI=1S/C57H45N4OS.Pt/c1-36-28-37(2)54(38(3)29-36)60-35-59(55(39-16-9-7-10-17-39)56(60)40-18-11-8-12-19-40)42-20-15-21-43(31-42)62-44-24-25-45-47-34-52-48(46-22-13-14-23-51(46)63-52)33-50(47)61(49(45)32-44)53-30-41(26-27-58-53)57(4,5)6;/h7-30,33-35H,1-6H3;/q-3;. The number of hydrogen-bond donors (Lipinski definition) is 0. The molecule has 0 unspecified atom stereocenters. The normalized spacial score (nSPS) is 13.2. The van der Waals surface area contributed by atoms with Crippen molar-refractivity contribution in [3.63, 3.8) is 0 Å². The fraction of sp³-hybridized carbons (Fsp3) is 0.123. The van der Waals surface area contributed by atoms with Crippen molar-refractivity contribution in [1.29, 1.82) is 0 Å². The quantitative estimate of drug-likeness (QED) is 0.149. The van der Waals surface area contributed by atoms with Gasteiger partial charge in [-0.3, -0.25) is 0 Å². The van der Waals surface area contributed by atoms with E-state index in [-0.39, 0.29) is 26.5 Å². The van der Waals surface area contributed by atoms with Gasteiger partial charge in [-0.1, -0.05) is 123 Å². The maximum atomic E-state index is 6.77. The average molecular weight is 1030 g/mol. The molecule has 0 saturated heterocycles. The van der Waals surface area contributed by atoms with E-state index >= 15 is 0 Å². The number of benzene rings is 7. The van der Waals surface area contributed by atoms with Gasteiger partial charge in [-0.2, -0.15) is 12.1 Å². The van der Waals surface area contributed by atoms with Crippen LogP contribution in [-0.4, -0.2) is 9.55 Å². The number of thiophene rings is 1. The largest absolute Gasteiger partial charge is 0.509 e. The molecule has 64 heavy (non-hydrogen) atoms. The summed E-state index contributed by atoms with van der Waals surface area (Å²) in [6.45, 7) is 15.5. The van der Waals surface area contributed by atoms with Crippen molar-refractivity contribution in [2.75, 3.05) is 9.80 Å². The van der Waals surface area contributed by atoms with Crippen LogP contribution in [0.2, 0.25) is 0 Å². The Hall–Kier alpha value is -6.46. The van der Waals surface area contributed by atoms with Gasteiger partial charge in [-0.05, 0) is 89.7 Å². The maximum absolute atomic E-state index is 6.77. The van der Waals surface area contributed by atoms with Gasteiger partial charge in [0.2, 0.25) is 0 Å². The second-order valence-corrected chi connectivity index (χ2v) is 18.7. The number of aromatic nitrogens is 2. The van der Waals surface area contributed by atoms with Gasteiger partial charge in [0.15, 0.2) is 0 Å². The molecule has 0 amide bonds. The molecular formula is C57H45N4OPtS-3. The minimum atomic E-state index is -0.0505. The first-order valence-corrected chi connectivity index (χ1v) is 22.3. The molecule has 0 saturated carbocycles. The van der Waals surface area contributed by atoms with Crippen LogP contribution in [0.15, 0.2) is 158 Å². The van der Waals surface area contributed by atoms with Crippen molar-refractivity contribution < 1.29 is 25.8 Å². The monoisotopic (exact) mass is 1030 g/mol. The Morgan fingerprint density at radius 2 is 1.27 bits per heavy atom. The Bertz CT molecular complexity index is 3410. The van der Waals surface area contributed by atoms with Crippen molar-refractivity contribution >= 4 is 76.1 Å². The SMILES string of the molecule is Cc1cc(C)c(N2[CH-]N(c3[c-]c(Oc4[c-]c5c(cc4)c4cc6sc7ccccc7c6cc4n5-c4cc(C(C)(C)C)ccn4)ccc3)C(c3ccccc3)=C2c2ccccc2)c(C)c1.[Pt]. The molecule has 0 aliphatic carbocycles. The van der Waals surface area contributed by atoms with Crippen LogP contribution in [0.1, 0.15) is 54.2 Å². The number of anilines is 2. The van der Waals surface area contributed by atoms with Gasteiger partial charge in [0.25, 0.3) is 0 Å². The number of fused-ring (bicyclic) bond motifs is 6. The Balaban J connectivity index is 0.00000484. The van der Waals surface area contributed by atoms with Crippen LogP contribution in [0.5, 0.6) is 11.5 Å². The summed E-state index contributed by atoms with van der Waals surface area (Å²) in [5.74, 6) is 2.04. The summed E-state index contributed by atoms with van der Waals surface area (Å²) >= 11 is 1.83. The summed E-state index contributed by atoms with van der Waals surface area (Å²) in [7, 11) is 0. The number of aryl methyl sites for hydroxylation is 3.